The molecule has 2 aromatic rings. The summed E-state index contributed by atoms with van der Waals surface area (Å²) in [6.07, 6.45) is 0.0813. The van der Waals surface area contributed by atoms with E-state index in [0.29, 0.717) is 35.4 Å². The summed E-state index contributed by atoms with van der Waals surface area (Å²) >= 11 is 1.23. The fourth-order valence-electron chi connectivity index (χ4n) is 2.83. The van der Waals surface area contributed by atoms with E-state index in [4.69, 9.17) is 4.74 Å². The second kappa shape index (κ2) is 9.56. The van der Waals surface area contributed by atoms with Crippen molar-refractivity contribution >= 4 is 40.1 Å². The minimum absolute atomic E-state index is 0.0813. The Hall–Kier alpha value is -2.87. The molecule has 1 aliphatic heterocycles. The highest BCUT2D eigenvalue weighted by molar-refractivity contribution is 8.15. The number of carbonyl (C=O) groups excluding carboxylic acids is 2. The number of nitrogens with one attached hydrogen (secondary N) is 1. The summed E-state index contributed by atoms with van der Waals surface area (Å²) in [4.78, 5) is 31.3. The van der Waals surface area contributed by atoms with Crippen molar-refractivity contribution in [2.75, 3.05) is 18.5 Å². The summed E-state index contributed by atoms with van der Waals surface area (Å²) < 4.78 is 18.6. The van der Waals surface area contributed by atoms with E-state index in [0.717, 1.165) is 0 Å². The molecule has 0 aromatic heterocycles. The zero-order chi connectivity index (χ0) is 20.8. The lowest BCUT2D eigenvalue weighted by atomic mass is 10.2. The van der Waals surface area contributed by atoms with Gasteiger partial charge in [-0.15, -0.1) is 0 Å². The Morgan fingerprint density at radius 2 is 2.03 bits per heavy atom. The molecule has 1 N–H and O–H groups in total. The van der Waals surface area contributed by atoms with E-state index in [2.05, 4.69) is 10.3 Å². The number of rotatable bonds is 6. The summed E-state index contributed by atoms with van der Waals surface area (Å²) in [7, 11) is 0. The van der Waals surface area contributed by atoms with E-state index in [1.165, 1.54) is 40.9 Å². The first kappa shape index (κ1) is 20.9. The molecule has 1 fully saturated rings. The molecular formula is C21H22FN3O3S. The van der Waals surface area contributed by atoms with Crippen LogP contribution in [0.5, 0.6) is 5.75 Å². The summed E-state index contributed by atoms with van der Waals surface area (Å²) in [6.45, 7) is 4.70. The molecule has 1 atom stereocenters. The number of nitrogens with zero attached hydrogens (tertiary/aromatic N) is 2. The molecule has 2 amide bonds. The second-order valence-corrected chi connectivity index (χ2v) is 7.44. The van der Waals surface area contributed by atoms with Crippen LogP contribution in [-0.2, 0) is 9.59 Å². The van der Waals surface area contributed by atoms with Gasteiger partial charge in [-0.05, 0) is 50.2 Å². The van der Waals surface area contributed by atoms with E-state index < -0.39 is 5.25 Å². The summed E-state index contributed by atoms with van der Waals surface area (Å²) in [5, 5.41) is 2.66. The summed E-state index contributed by atoms with van der Waals surface area (Å²) in [5.74, 6) is -0.150. The molecule has 1 aliphatic rings. The Balaban J connectivity index is 1.77. The van der Waals surface area contributed by atoms with Crippen LogP contribution < -0.4 is 10.1 Å². The van der Waals surface area contributed by atoms with Gasteiger partial charge in [-0.3, -0.25) is 14.5 Å². The molecule has 0 radical (unpaired) electrons. The molecule has 0 aliphatic carbocycles. The SMILES string of the molecule is CCOc1cccc(NC(=O)[C@@H]2CC(=O)N(CC)C(=Nc3ccc(F)cc3)S2)c1. The number of hydrogen-bond acceptors (Lipinski definition) is 5. The van der Waals surface area contributed by atoms with Crippen LogP contribution >= 0.6 is 11.8 Å². The van der Waals surface area contributed by atoms with Gasteiger partial charge in [0.15, 0.2) is 5.17 Å². The molecule has 3 rings (SSSR count). The minimum Gasteiger partial charge on any atom is -0.494 e. The number of anilines is 1. The maximum Gasteiger partial charge on any atom is 0.238 e. The molecule has 6 nitrogen and oxygen atoms in total. The van der Waals surface area contributed by atoms with Gasteiger partial charge in [0.1, 0.15) is 16.8 Å². The second-order valence-electron chi connectivity index (χ2n) is 6.27. The molecule has 2 aromatic carbocycles. The lowest BCUT2D eigenvalue weighted by molar-refractivity contribution is -0.129. The Morgan fingerprint density at radius 3 is 2.72 bits per heavy atom. The monoisotopic (exact) mass is 415 g/mol. The van der Waals surface area contributed by atoms with Crippen LogP contribution in [0.3, 0.4) is 0 Å². The molecule has 152 valence electrons. The molecule has 8 heteroatoms. The average Bonchev–Trinajstić information content (AvgIpc) is 2.70. The number of thioether (sulfide) groups is 1. The van der Waals surface area contributed by atoms with Gasteiger partial charge >= 0.3 is 0 Å². The predicted octanol–water partition coefficient (Wildman–Crippen LogP) is 4.20. The van der Waals surface area contributed by atoms with E-state index in [1.54, 1.807) is 18.2 Å². The fourth-order valence-corrected chi connectivity index (χ4v) is 3.99. The smallest absolute Gasteiger partial charge is 0.238 e. The van der Waals surface area contributed by atoms with Gasteiger partial charge in [-0.25, -0.2) is 9.38 Å². The van der Waals surface area contributed by atoms with Gasteiger partial charge < -0.3 is 10.1 Å². The van der Waals surface area contributed by atoms with Crippen molar-refractivity contribution < 1.29 is 18.7 Å². The fraction of sp³-hybridized carbons (Fsp3) is 0.286. The van der Waals surface area contributed by atoms with Crippen LogP contribution in [0.4, 0.5) is 15.8 Å². The molecule has 1 heterocycles. The highest BCUT2D eigenvalue weighted by Crippen LogP contribution is 2.30. The van der Waals surface area contributed by atoms with E-state index >= 15 is 0 Å². The van der Waals surface area contributed by atoms with Crippen LogP contribution in [0.1, 0.15) is 20.3 Å². The van der Waals surface area contributed by atoms with Gasteiger partial charge in [-0.2, -0.15) is 0 Å². The maximum absolute atomic E-state index is 13.1. The number of hydrogen-bond donors (Lipinski definition) is 1. The van der Waals surface area contributed by atoms with E-state index in [9.17, 15) is 14.0 Å². The highest BCUT2D eigenvalue weighted by atomic mass is 32.2. The van der Waals surface area contributed by atoms with Crippen molar-refractivity contribution in [2.24, 2.45) is 4.99 Å². The first-order valence-electron chi connectivity index (χ1n) is 9.35. The third-order valence-electron chi connectivity index (χ3n) is 4.21. The molecule has 0 spiro atoms. The average molecular weight is 415 g/mol. The molecule has 29 heavy (non-hydrogen) atoms. The third kappa shape index (κ3) is 5.35. The Morgan fingerprint density at radius 1 is 1.28 bits per heavy atom. The molecule has 1 saturated heterocycles. The first-order chi connectivity index (χ1) is 14.0. The quantitative estimate of drug-likeness (QED) is 0.767. The summed E-state index contributed by atoms with van der Waals surface area (Å²) in [6, 6.07) is 12.8. The lowest BCUT2D eigenvalue weighted by Gasteiger charge is -2.30. The van der Waals surface area contributed by atoms with Crippen LogP contribution in [0.15, 0.2) is 53.5 Å². The lowest BCUT2D eigenvalue weighted by Crippen LogP contribution is -2.45. The Labute approximate surface area is 173 Å². The van der Waals surface area contributed by atoms with Crippen molar-refractivity contribution in [1.82, 2.24) is 4.90 Å². The third-order valence-corrected chi connectivity index (χ3v) is 5.40. The topological polar surface area (TPSA) is 71.0 Å². The number of carbonyl (C=O) groups is 2. The zero-order valence-corrected chi connectivity index (χ0v) is 17.0. The van der Waals surface area contributed by atoms with Crippen LogP contribution in [-0.4, -0.2) is 40.3 Å². The molecule has 0 bridgehead atoms. The predicted molar refractivity (Wildman–Crippen MR) is 113 cm³/mol. The number of benzene rings is 2. The minimum atomic E-state index is -0.611. The molecule has 0 unspecified atom stereocenters. The number of amidine groups is 1. The van der Waals surface area contributed by atoms with Gasteiger partial charge in [0.25, 0.3) is 0 Å². The standard InChI is InChI=1S/C21H22FN3O3S/c1-3-25-19(26)13-18(29-21(25)24-15-10-8-14(22)9-11-15)20(27)23-16-6-5-7-17(12-16)28-4-2/h5-12,18H,3-4,13H2,1-2H3,(H,23,27)/t18-/m0/s1. The van der Waals surface area contributed by atoms with Crippen molar-refractivity contribution in [2.45, 2.75) is 25.5 Å². The molecular weight excluding hydrogens is 393 g/mol. The van der Waals surface area contributed by atoms with Crippen LogP contribution in [0.2, 0.25) is 0 Å². The van der Waals surface area contributed by atoms with Gasteiger partial charge in [0.2, 0.25) is 11.8 Å². The number of amides is 2. The van der Waals surface area contributed by atoms with Crippen LogP contribution in [0, 0.1) is 5.82 Å². The van der Waals surface area contributed by atoms with E-state index in [-0.39, 0.29) is 24.1 Å². The highest BCUT2D eigenvalue weighted by Gasteiger charge is 2.35. The van der Waals surface area contributed by atoms with Crippen LogP contribution in [0.25, 0.3) is 0 Å². The maximum atomic E-state index is 13.1. The number of aliphatic imine (C=N–C) groups is 1. The zero-order valence-electron chi connectivity index (χ0n) is 16.2. The van der Waals surface area contributed by atoms with Crippen molar-refractivity contribution in [3.8, 4) is 5.75 Å². The van der Waals surface area contributed by atoms with Crippen molar-refractivity contribution in [3.63, 3.8) is 0 Å². The normalized spacial score (nSPS) is 18.0. The largest absolute Gasteiger partial charge is 0.494 e. The first-order valence-corrected chi connectivity index (χ1v) is 10.2. The van der Waals surface area contributed by atoms with Gasteiger partial charge in [-0.1, -0.05) is 17.8 Å². The van der Waals surface area contributed by atoms with Gasteiger partial charge in [0, 0.05) is 24.7 Å². The van der Waals surface area contributed by atoms with Gasteiger partial charge in [0.05, 0.1) is 12.3 Å². The number of ether oxygens (including phenoxy) is 1. The Bertz CT molecular complexity index is 918. The Kier molecular flexibility index (Phi) is 6.87. The van der Waals surface area contributed by atoms with Crippen molar-refractivity contribution in [3.05, 3.63) is 54.3 Å². The number of halogens is 1. The van der Waals surface area contributed by atoms with E-state index in [1.807, 2.05) is 19.9 Å². The molecule has 0 saturated carbocycles. The van der Waals surface area contributed by atoms with Crippen molar-refractivity contribution in [1.29, 1.82) is 0 Å². The summed E-state index contributed by atoms with van der Waals surface area (Å²) in [5.41, 5.74) is 1.12.